The Hall–Kier alpha value is -2.40. The van der Waals surface area contributed by atoms with Gasteiger partial charge in [0.25, 0.3) is 0 Å². The molecule has 1 heterocycles. The normalized spacial score (nSPS) is 14.4. The lowest BCUT2D eigenvalue weighted by molar-refractivity contribution is 0.122. The second-order valence-corrected chi connectivity index (χ2v) is 5.56. The molecule has 2 aromatic carbocycles. The third kappa shape index (κ3) is 3.26. The van der Waals surface area contributed by atoms with Gasteiger partial charge in [-0.2, -0.15) is 0 Å². The first kappa shape index (κ1) is 16.5. The Balaban J connectivity index is 1.91. The summed E-state index contributed by atoms with van der Waals surface area (Å²) in [5.74, 6) is 1.92. The summed E-state index contributed by atoms with van der Waals surface area (Å²) in [7, 11) is 4.86. The molecule has 1 saturated heterocycles. The van der Waals surface area contributed by atoms with Crippen molar-refractivity contribution < 1.29 is 18.9 Å². The molecule has 0 amide bonds. The highest BCUT2D eigenvalue weighted by Crippen LogP contribution is 2.41. The quantitative estimate of drug-likeness (QED) is 0.842. The third-order valence-corrected chi connectivity index (χ3v) is 4.24. The number of hydrogen-bond donors (Lipinski definition) is 0. The minimum atomic E-state index is 0.605. The van der Waals surface area contributed by atoms with E-state index in [0.29, 0.717) is 17.2 Å². The number of hydrogen-bond acceptors (Lipinski definition) is 5. The van der Waals surface area contributed by atoms with Crippen molar-refractivity contribution >= 4 is 5.69 Å². The van der Waals surface area contributed by atoms with Crippen LogP contribution in [0.2, 0.25) is 0 Å². The lowest BCUT2D eigenvalue weighted by atomic mass is 10.0. The van der Waals surface area contributed by atoms with Gasteiger partial charge in [0.15, 0.2) is 11.5 Å². The maximum atomic E-state index is 5.43. The van der Waals surface area contributed by atoms with E-state index >= 15 is 0 Å². The molecular formula is C19H23NO4. The van der Waals surface area contributed by atoms with Crippen LogP contribution in [0.15, 0.2) is 36.4 Å². The van der Waals surface area contributed by atoms with E-state index in [1.807, 2.05) is 12.1 Å². The highest BCUT2D eigenvalue weighted by molar-refractivity contribution is 5.72. The average Bonchev–Trinajstić information content (AvgIpc) is 2.67. The van der Waals surface area contributed by atoms with Gasteiger partial charge in [-0.05, 0) is 35.4 Å². The summed E-state index contributed by atoms with van der Waals surface area (Å²) in [5.41, 5.74) is 3.35. The molecule has 0 aliphatic carbocycles. The molecule has 0 saturated carbocycles. The van der Waals surface area contributed by atoms with Crippen LogP contribution in [0.1, 0.15) is 0 Å². The molecule has 3 rings (SSSR count). The second kappa shape index (κ2) is 7.45. The molecule has 0 atom stereocenters. The lowest BCUT2D eigenvalue weighted by Gasteiger charge is -2.29. The molecule has 1 aliphatic heterocycles. The van der Waals surface area contributed by atoms with E-state index in [-0.39, 0.29) is 0 Å². The van der Waals surface area contributed by atoms with Crippen LogP contribution < -0.4 is 19.1 Å². The summed E-state index contributed by atoms with van der Waals surface area (Å²) in [6.45, 7) is 3.44. The van der Waals surface area contributed by atoms with Gasteiger partial charge in [0.05, 0.1) is 34.5 Å². The Morgan fingerprint density at radius 2 is 1.38 bits per heavy atom. The predicted molar refractivity (Wildman–Crippen MR) is 94.6 cm³/mol. The number of anilines is 1. The topological polar surface area (TPSA) is 40.2 Å². The third-order valence-electron chi connectivity index (χ3n) is 4.24. The van der Waals surface area contributed by atoms with Crippen LogP contribution in [0, 0.1) is 0 Å². The highest BCUT2D eigenvalue weighted by atomic mass is 16.5. The van der Waals surface area contributed by atoms with Crippen molar-refractivity contribution in [3.8, 4) is 28.4 Å². The van der Waals surface area contributed by atoms with Gasteiger partial charge >= 0.3 is 0 Å². The molecule has 24 heavy (non-hydrogen) atoms. The van der Waals surface area contributed by atoms with Crippen molar-refractivity contribution in [2.45, 2.75) is 0 Å². The lowest BCUT2D eigenvalue weighted by Crippen LogP contribution is -2.36. The Labute approximate surface area is 142 Å². The summed E-state index contributed by atoms with van der Waals surface area (Å²) in [4.78, 5) is 2.34. The molecule has 1 aliphatic rings. The Bertz CT molecular complexity index is 653. The van der Waals surface area contributed by atoms with E-state index in [9.17, 15) is 0 Å². The van der Waals surface area contributed by atoms with Gasteiger partial charge in [-0.3, -0.25) is 0 Å². The van der Waals surface area contributed by atoms with Crippen LogP contribution >= 0.6 is 0 Å². The van der Waals surface area contributed by atoms with Gasteiger partial charge in [0.1, 0.15) is 0 Å². The zero-order valence-electron chi connectivity index (χ0n) is 14.4. The molecule has 0 N–H and O–H groups in total. The fraction of sp³-hybridized carbons (Fsp3) is 0.368. The van der Waals surface area contributed by atoms with Crippen LogP contribution in [-0.4, -0.2) is 47.6 Å². The van der Waals surface area contributed by atoms with Crippen molar-refractivity contribution in [3.63, 3.8) is 0 Å². The molecule has 0 spiro atoms. The molecule has 0 unspecified atom stereocenters. The van der Waals surface area contributed by atoms with Crippen LogP contribution in [0.3, 0.4) is 0 Å². The summed E-state index contributed by atoms with van der Waals surface area (Å²) < 4.78 is 21.7. The fourth-order valence-electron chi connectivity index (χ4n) is 2.93. The van der Waals surface area contributed by atoms with E-state index in [1.54, 1.807) is 21.3 Å². The Morgan fingerprint density at radius 3 is 1.88 bits per heavy atom. The first-order valence-electron chi connectivity index (χ1n) is 8.00. The molecule has 0 aromatic heterocycles. The van der Waals surface area contributed by atoms with Crippen LogP contribution in [0.5, 0.6) is 17.2 Å². The zero-order chi connectivity index (χ0) is 16.9. The number of ether oxygens (including phenoxy) is 4. The molecular weight excluding hydrogens is 306 g/mol. The van der Waals surface area contributed by atoms with Crippen molar-refractivity contribution in [2.24, 2.45) is 0 Å². The standard InChI is InChI=1S/C19H23NO4/c1-21-17-12-15(13-18(22-2)19(17)23-3)14-4-6-16(7-5-14)20-8-10-24-11-9-20/h4-7,12-13H,8-11H2,1-3H3. The van der Waals surface area contributed by atoms with E-state index < -0.39 is 0 Å². The van der Waals surface area contributed by atoms with Gasteiger partial charge in [-0.1, -0.05) is 12.1 Å². The maximum Gasteiger partial charge on any atom is 0.203 e. The summed E-state index contributed by atoms with van der Waals surface area (Å²) in [5, 5.41) is 0. The number of benzene rings is 2. The molecule has 128 valence electrons. The van der Waals surface area contributed by atoms with Crippen molar-refractivity contribution in [1.82, 2.24) is 0 Å². The number of rotatable bonds is 5. The molecule has 0 bridgehead atoms. The molecule has 1 fully saturated rings. The first-order valence-corrected chi connectivity index (χ1v) is 8.00. The zero-order valence-corrected chi connectivity index (χ0v) is 14.4. The number of nitrogens with zero attached hydrogens (tertiary/aromatic N) is 1. The maximum absolute atomic E-state index is 5.43. The predicted octanol–water partition coefficient (Wildman–Crippen LogP) is 3.22. The fourth-order valence-corrected chi connectivity index (χ4v) is 2.93. The van der Waals surface area contributed by atoms with E-state index in [4.69, 9.17) is 18.9 Å². The molecule has 5 heteroatoms. The summed E-state index contributed by atoms with van der Waals surface area (Å²) >= 11 is 0. The minimum Gasteiger partial charge on any atom is -0.493 e. The molecule has 0 radical (unpaired) electrons. The summed E-state index contributed by atoms with van der Waals surface area (Å²) in [6.07, 6.45) is 0. The number of morpholine rings is 1. The molecule has 2 aromatic rings. The van der Waals surface area contributed by atoms with E-state index in [1.165, 1.54) is 5.69 Å². The van der Waals surface area contributed by atoms with Gasteiger partial charge < -0.3 is 23.8 Å². The van der Waals surface area contributed by atoms with Gasteiger partial charge in [-0.15, -0.1) is 0 Å². The van der Waals surface area contributed by atoms with Crippen molar-refractivity contribution in [2.75, 3.05) is 52.5 Å². The second-order valence-electron chi connectivity index (χ2n) is 5.56. The molecule has 5 nitrogen and oxygen atoms in total. The average molecular weight is 329 g/mol. The van der Waals surface area contributed by atoms with E-state index in [2.05, 4.69) is 29.2 Å². The smallest absolute Gasteiger partial charge is 0.203 e. The van der Waals surface area contributed by atoms with Crippen LogP contribution in [-0.2, 0) is 4.74 Å². The Morgan fingerprint density at radius 1 is 0.792 bits per heavy atom. The highest BCUT2D eigenvalue weighted by Gasteiger charge is 2.15. The Kier molecular flexibility index (Phi) is 5.11. The van der Waals surface area contributed by atoms with Crippen molar-refractivity contribution in [1.29, 1.82) is 0 Å². The van der Waals surface area contributed by atoms with Gasteiger partial charge in [-0.25, -0.2) is 0 Å². The van der Waals surface area contributed by atoms with Gasteiger partial charge in [0, 0.05) is 18.8 Å². The van der Waals surface area contributed by atoms with Crippen LogP contribution in [0.25, 0.3) is 11.1 Å². The van der Waals surface area contributed by atoms with Gasteiger partial charge in [0.2, 0.25) is 5.75 Å². The van der Waals surface area contributed by atoms with E-state index in [0.717, 1.165) is 37.4 Å². The first-order chi connectivity index (χ1) is 11.8. The summed E-state index contributed by atoms with van der Waals surface area (Å²) in [6, 6.07) is 12.4. The van der Waals surface area contributed by atoms with Crippen molar-refractivity contribution in [3.05, 3.63) is 36.4 Å². The largest absolute Gasteiger partial charge is 0.493 e. The van der Waals surface area contributed by atoms with Crippen LogP contribution in [0.4, 0.5) is 5.69 Å². The number of methoxy groups -OCH3 is 3. The minimum absolute atomic E-state index is 0.605. The monoisotopic (exact) mass is 329 g/mol. The SMILES string of the molecule is COc1cc(-c2ccc(N3CCOCC3)cc2)cc(OC)c1OC.